The smallest absolute Gasteiger partial charge is 0.339 e. The van der Waals surface area contributed by atoms with Crippen molar-refractivity contribution in [2.75, 3.05) is 0 Å². The molecule has 120 valence electrons. The monoisotopic (exact) mass is 320 g/mol. The number of carboxylic acid groups (broad SMARTS) is 1. The molecule has 0 aliphatic carbocycles. The van der Waals surface area contributed by atoms with E-state index in [0.717, 1.165) is 16.3 Å². The van der Waals surface area contributed by atoms with E-state index in [1.54, 1.807) is 19.1 Å². The SMILES string of the molecule is C[C@@H](OC(=O)c1ccccc1C(=O)O)c1cccc2ccccc12. The van der Waals surface area contributed by atoms with Crippen molar-refractivity contribution in [1.29, 1.82) is 0 Å². The van der Waals surface area contributed by atoms with Gasteiger partial charge < -0.3 is 9.84 Å². The van der Waals surface area contributed by atoms with Crippen molar-refractivity contribution in [3.63, 3.8) is 0 Å². The van der Waals surface area contributed by atoms with Crippen LogP contribution in [0.3, 0.4) is 0 Å². The fraction of sp³-hybridized carbons (Fsp3) is 0.100. The summed E-state index contributed by atoms with van der Waals surface area (Å²) in [5, 5.41) is 11.3. The van der Waals surface area contributed by atoms with Gasteiger partial charge in [0.15, 0.2) is 0 Å². The average molecular weight is 320 g/mol. The summed E-state index contributed by atoms with van der Waals surface area (Å²) in [5.74, 6) is -1.80. The maximum Gasteiger partial charge on any atom is 0.339 e. The van der Waals surface area contributed by atoms with Crippen molar-refractivity contribution in [2.45, 2.75) is 13.0 Å². The van der Waals surface area contributed by atoms with E-state index in [1.807, 2.05) is 42.5 Å². The average Bonchev–Trinajstić information content (AvgIpc) is 2.61. The Bertz CT molecular complexity index is 909. The molecule has 3 rings (SSSR count). The molecule has 0 aromatic heterocycles. The Kier molecular flexibility index (Phi) is 4.29. The van der Waals surface area contributed by atoms with Gasteiger partial charge in [0.2, 0.25) is 0 Å². The lowest BCUT2D eigenvalue weighted by atomic mass is 10.0. The van der Waals surface area contributed by atoms with Gasteiger partial charge in [0, 0.05) is 0 Å². The van der Waals surface area contributed by atoms with Crippen molar-refractivity contribution in [2.24, 2.45) is 0 Å². The first-order chi connectivity index (χ1) is 11.6. The number of esters is 1. The van der Waals surface area contributed by atoms with Crippen molar-refractivity contribution in [3.8, 4) is 0 Å². The molecular formula is C20H16O4. The summed E-state index contributed by atoms with van der Waals surface area (Å²) in [6.07, 6.45) is -0.495. The fourth-order valence-corrected chi connectivity index (χ4v) is 2.74. The number of ether oxygens (including phenoxy) is 1. The Morgan fingerprint density at radius 2 is 1.50 bits per heavy atom. The molecule has 0 radical (unpaired) electrons. The van der Waals surface area contributed by atoms with Crippen LogP contribution < -0.4 is 0 Å². The lowest BCUT2D eigenvalue weighted by Crippen LogP contribution is -2.14. The molecular weight excluding hydrogens is 304 g/mol. The summed E-state index contributed by atoms with van der Waals surface area (Å²) in [6.45, 7) is 1.78. The Morgan fingerprint density at radius 1 is 0.875 bits per heavy atom. The summed E-state index contributed by atoms with van der Waals surface area (Å²) < 4.78 is 5.52. The van der Waals surface area contributed by atoms with Gasteiger partial charge in [-0.2, -0.15) is 0 Å². The summed E-state index contributed by atoms with van der Waals surface area (Å²) in [5.41, 5.74) is 0.874. The third kappa shape index (κ3) is 2.99. The van der Waals surface area contributed by atoms with E-state index >= 15 is 0 Å². The lowest BCUT2D eigenvalue weighted by Gasteiger charge is -2.16. The zero-order valence-corrected chi connectivity index (χ0v) is 13.1. The van der Waals surface area contributed by atoms with E-state index in [2.05, 4.69) is 0 Å². The van der Waals surface area contributed by atoms with Crippen LogP contribution in [-0.4, -0.2) is 17.0 Å². The van der Waals surface area contributed by atoms with Crippen LogP contribution >= 0.6 is 0 Å². The molecule has 4 nitrogen and oxygen atoms in total. The van der Waals surface area contributed by atoms with E-state index in [9.17, 15) is 14.7 Å². The van der Waals surface area contributed by atoms with Crippen LogP contribution in [0, 0.1) is 0 Å². The molecule has 0 saturated heterocycles. The summed E-state index contributed by atoms with van der Waals surface area (Å²) in [4.78, 5) is 23.7. The molecule has 0 saturated carbocycles. The predicted molar refractivity (Wildman–Crippen MR) is 91.2 cm³/mol. The van der Waals surface area contributed by atoms with Gasteiger partial charge in [-0.1, -0.05) is 54.6 Å². The molecule has 24 heavy (non-hydrogen) atoms. The minimum absolute atomic E-state index is 0.0529. The van der Waals surface area contributed by atoms with Crippen molar-refractivity contribution in [3.05, 3.63) is 83.4 Å². The van der Waals surface area contributed by atoms with E-state index in [-0.39, 0.29) is 11.1 Å². The minimum atomic E-state index is -1.15. The number of rotatable bonds is 4. The molecule has 0 heterocycles. The molecule has 0 aliphatic heterocycles. The van der Waals surface area contributed by atoms with Crippen molar-refractivity contribution < 1.29 is 19.4 Å². The number of carbonyl (C=O) groups is 2. The highest BCUT2D eigenvalue weighted by Crippen LogP contribution is 2.27. The first kappa shape index (κ1) is 15.7. The number of benzene rings is 3. The Hall–Kier alpha value is -3.14. The fourth-order valence-electron chi connectivity index (χ4n) is 2.74. The van der Waals surface area contributed by atoms with Gasteiger partial charge in [0.05, 0.1) is 11.1 Å². The lowest BCUT2D eigenvalue weighted by molar-refractivity contribution is 0.0334. The standard InChI is InChI=1S/C20H16O4/c1-13(15-12-6-8-14-7-2-3-9-16(14)15)24-20(23)18-11-5-4-10-17(18)19(21)22/h2-13H,1H3,(H,21,22)/t13-/m1/s1. The number of fused-ring (bicyclic) bond motifs is 1. The molecule has 0 aliphatic rings. The van der Waals surface area contributed by atoms with Crippen LogP contribution in [-0.2, 0) is 4.74 Å². The zero-order valence-electron chi connectivity index (χ0n) is 13.1. The number of aromatic carboxylic acids is 1. The first-order valence-electron chi connectivity index (χ1n) is 7.59. The van der Waals surface area contributed by atoms with Crippen molar-refractivity contribution in [1.82, 2.24) is 0 Å². The summed E-state index contributed by atoms with van der Waals surface area (Å²) >= 11 is 0. The van der Waals surface area contributed by atoms with Gasteiger partial charge >= 0.3 is 11.9 Å². The number of carboxylic acids is 1. The maximum atomic E-state index is 12.4. The maximum absolute atomic E-state index is 12.4. The normalized spacial score (nSPS) is 11.9. The van der Waals surface area contributed by atoms with E-state index in [1.165, 1.54) is 12.1 Å². The minimum Gasteiger partial charge on any atom is -0.478 e. The third-order valence-corrected chi connectivity index (χ3v) is 3.92. The molecule has 4 heteroatoms. The van der Waals surface area contributed by atoms with Gasteiger partial charge in [0.25, 0.3) is 0 Å². The second-order valence-electron chi connectivity index (χ2n) is 5.47. The third-order valence-electron chi connectivity index (χ3n) is 3.92. The summed E-state index contributed by atoms with van der Waals surface area (Å²) in [7, 11) is 0. The van der Waals surface area contributed by atoms with Crippen LogP contribution in [0.25, 0.3) is 10.8 Å². The number of carbonyl (C=O) groups excluding carboxylic acids is 1. The molecule has 0 bridgehead atoms. The molecule has 0 unspecified atom stereocenters. The van der Waals surface area contributed by atoms with Crippen LogP contribution in [0.15, 0.2) is 66.7 Å². The van der Waals surface area contributed by atoms with Gasteiger partial charge in [0.1, 0.15) is 6.10 Å². The zero-order chi connectivity index (χ0) is 17.1. The molecule has 1 atom stereocenters. The highest BCUT2D eigenvalue weighted by Gasteiger charge is 2.20. The van der Waals surface area contributed by atoms with Gasteiger partial charge in [-0.3, -0.25) is 0 Å². The number of hydrogen-bond donors (Lipinski definition) is 1. The quantitative estimate of drug-likeness (QED) is 0.721. The van der Waals surface area contributed by atoms with Gasteiger partial charge in [-0.25, -0.2) is 9.59 Å². The second kappa shape index (κ2) is 6.54. The molecule has 0 amide bonds. The van der Waals surface area contributed by atoms with Crippen LogP contribution in [0.4, 0.5) is 0 Å². The first-order valence-corrected chi connectivity index (χ1v) is 7.59. The predicted octanol–water partition coefficient (Wildman–Crippen LogP) is 4.46. The second-order valence-corrected chi connectivity index (χ2v) is 5.47. The molecule has 3 aromatic rings. The van der Waals surface area contributed by atoms with E-state index in [0.29, 0.717) is 0 Å². The summed E-state index contributed by atoms with van der Waals surface area (Å²) in [6, 6.07) is 19.7. The topological polar surface area (TPSA) is 63.6 Å². The highest BCUT2D eigenvalue weighted by atomic mass is 16.5. The Labute approximate surface area is 139 Å². The van der Waals surface area contributed by atoms with Crippen LogP contribution in [0.2, 0.25) is 0 Å². The van der Waals surface area contributed by atoms with Gasteiger partial charge in [-0.15, -0.1) is 0 Å². The Morgan fingerprint density at radius 3 is 2.25 bits per heavy atom. The molecule has 0 spiro atoms. The molecule has 0 fully saturated rings. The Balaban J connectivity index is 1.91. The largest absolute Gasteiger partial charge is 0.478 e. The van der Waals surface area contributed by atoms with Crippen LogP contribution in [0.5, 0.6) is 0 Å². The number of hydrogen-bond acceptors (Lipinski definition) is 3. The van der Waals surface area contributed by atoms with Crippen LogP contribution in [0.1, 0.15) is 39.3 Å². The molecule has 1 N–H and O–H groups in total. The highest BCUT2D eigenvalue weighted by molar-refractivity contribution is 6.02. The van der Waals surface area contributed by atoms with E-state index in [4.69, 9.17) is 4.74 Å². The van der Waals surface area contributed by atoms with E-state index < -0.39 is 18.0 Å². The van der Waals surface area contributed by atoms with Crippen molar-refractivity contribution >= 4 is 22.7 Å². The molecule has 3 aromatic carbocycles. The van der Waals surface area contributed by atoms with Gasteiger partial charge in [-0.05, 0) is 35.4 Å².